The van der Waals surface area contributed by atoms with Crippen LogP contribution in [0.4, 0.5) is 20.6 Å². The number of rotatable bonds is 3. The number of hydrogen-bond donors (Lipinski definition) is 0. The Labute approximate surface area is 220 Å². The zero-order chi connectivity index (χ0) is 26.2. The van der Waals surface area contributed by atoms with Crippen molar-refractivity contribution in [2.75, 3.05) is 31.1 Å². The predicted molar refractivity (Wildman–Crippen MR) is 143 cm³/mol. The van der Waals surface area contributed by atoms with E-state index in [1.165, 1.54) is 6.07 Å². The van der Waals surface area contributed by atoms with Crippen molar-refractivity contribution in [3.05, 3.63) is 69.6 Å². The van der Waals surface area contributed by atoms with E-state index in [-0.39, 0.29) is 17.8 Å². The molecule has 2 aromatic rings. The number of amides is 1. The maximum Gasteiger partial charge on any atom is 0.410 e. The van der Waals surface area contributed by atoms with Crippen molar-refractivity contribution in [1.29, 1.82) is 0 Å². The molecule has 1 saturated heterocycles. The van der Waals surface area contributed by atoms with Crippen LogP contribution in [0.2, 0.25) is 0 Å². The second-order valence-electron chi connectivity index (χ2n) is 10.3. The number of para-hydroxylation sites is 1. The van der Waals surface area contributed by atoms with Gasteiger partial charge in [-0.1, -0.05) is 32.0 Å². The molecule has 0 saturated carbocycles. The molecule has 2 aromatic carbocycles. The Morgan fingerprint density at radius 1 is 1.08 bits per heavy atom. The van der Waals surface area contributed by atoms with Crippen molar-refractivity contribution >= 4 is 45.0 Å². The minimum atomic E-state index is -0.566. The highest BCUT2D eigenvalue weighted by molar-refractivity contribution is 9.10. The lowest BCUT2D eigenvalue weighted by Crippen LogP contribution is -2.49. The van der Waals surface area contributed by atoms with Gasteiger partial charge in [0.1, 0.15) is 17.1 Å². The van der Waals surface area contributed by atoms with Gasteiger partial charge in [-0.3, -0.25) is 4.90 Å². The number of carbonyl (C=O) groups is 1. The molecule has 0 spiro atoms. The van der Waals surface area contributed by atoms with Gasteiger partial charge in [0.15, 0.2) is 5.94 Å². The van der Waals surface area contributed by atoms with Crippen LogP contribution in [0.25, 0.3) is 5.70 Å². The van der Waals surface area contributed by atoms with Crippen molar-refractivity contribution in [3.8, 4) is 0 Å². The summed E-state index contributed by atoms with van der Waals surface area (Å²) in [6.07, 6.45) is 1.42. The summed E-state index contributed by atoms with van der Waals surface area (Å²) in [5.74, 6) is 1.94. The van der Waals surface area contributed by atoms with E-state index in [9.17, 15) is 14.0 Å². The SMILES string of the molecule is CC(C)c1ccccc1N1C(=C=O)C=C(N2CCN(C(=O)OC(C)(C)C)CC2)c2cc(F)c(Br)cc21. The van der Waals surface area contributed by atoms with Gasteiger partial charge >= 0.3 is 6.09 Å². The number of allylic oxidation sites excluding steroid dienone is 1. The number of benzene rings is 2. The highest BCUT2D eigenvalue weighted by Crippen LogP contribution is 2.45. The average molecular weight is 556 g/mol. The van der Waals surface area contributed by atoms with Crippen molar-refractivity contribution in [2.24, 2.45) is 0 Å². The summed E-state index contributed by atoms with van der Waals surface area (Å²) in [5, 5.41) is 0. The molecule has 8 heteroatoms. The monoisotopic (exact) mass is 555 g/mol. The Hall–Kier alpha value is -3.09. The molecule has 1 fully saturated rings. The highest BCUT2D eigenvalue weighted by atomic mass is 79.9. The summed E-state index contributed by atoms with van der Waals surface area (Å²) >= 11 is 3.33. The quantitative estimate of drug-likeness (QED) is 0.406. The molecule has 4 rings (SSSR count). The first kappa shape index (κ1) is 26.0. The molecule has 0 aromatic heterocycles. The molecular formula is C28H31BrFN3O3. The summed E-state index contributed by atoms with van der Waals surface area (Å²) in [5.41, 5.74) is 3.81. The summed E-state index contributed by atoms with van der Waals surface area (Å²) in [7, 11) is 0. The Bertz CT molecular complexity index is 1250. The van der Waals surface area contributed by atoms with Crippen LogP contribution in [-0.2, 0) is 9.53 Å². The van der Waals surface area contributed by atoms with E-state index >= 15 is 0 Å². The first-order chi connectivity index (χ1) is 17.0. The largest absolute Gasteiger partial charge is 0.444 e. The summed E-state index contributed by atoms with van der Waals surface area (Å²) < 4.78 is 20.6. The third-order valence-corrected chi connectivity index (χ3v) is 6.85. The lowest BCUT2D eigenvalue weighted by atomic mass is 9.96. The topological polar surface area (TPSA) is 53.1 Å². The van der Waals surface area contributed by atoms with Crippen LogP contribution in [0.15, 0.2) is 52.6 Å². The summed E-state index contributed by atoms with van der Waals surface area (Å²) in [6, 6.07) is 11.1. The van der Waals surface area contributed by atoms with Gasteiger partial charge in [0, 0.05) is 37.4 Å². The highest BCUT2D eigenvalue weighted by Gasteiger charge is 2.33. The second kappa shape index (κ2) is 10.1. The van der Waals surface area contributed by atoms with Crippen LogP contribution >= 0.6 is 15.9 Å². The van der Waals surface area contributed by atoms with E-state index < -0.39 is 5.60 Å². The molecule has 0 unspecified atom stereocenters. The molecule has 2 aliphatic rings. The molecule has 6 nitrogen and oxygen atoms in total. The van der Waals surface area contributed by atoms with Gasteiger partial charge in [-0.2, -0.15) is 0 Å². The molecule has 1 amide bonds. The van der Waals surface area contributed by atoms with E-state index in [4.69, 9.17) is 4.74 Å². The molecule has 36 heavy (non-hydrogen) atoms. The maximum atomic E-state index is 14.8. The van der Waals surface area contributed by atoms with Gasteiger partial charge in [-0.05, 0) is 72.5 Å². The number of hydrogen-bond acceptors (Lipinski definition) is 5. The average Bonchev–Trinajstić information content (AvgIpc) is 2.83. The number of carbonyl (C=O) groups excluding carboxylic acids is 2. The van der Waals surface area contributed by atoms with Crippen molar-refractivity contribution in [2.45, 2.75) is 46.1 Å². The van der Waals surface area contributed by atoms with Crippen LogP contribution < -0.4 is 4.90 Å². The minimum absolute atomic E-state index is 0.216. The van der Waals surface area contributed by atoms with Crippen LogP contribution in [0.1, 0.15) is 51.7 Å². The van der Waals surface area contributed by atoms with Gasteiger partial charge in [0.05, 0.1) is 15.8 Å². The van der Waals surface area contributed by atoms with Gasteiger partial charge in [0.25, 0.3) is 0 Å². The smallest absolute Gasteiger partial charge is 0.410 e. The number of ether oxygens (including phenoxy) is 1. The zero-order valence-electron chi connectivity index (χ0n) is 21.3. The zero-order valence-corrected chi connectivity index (χ0v) is 22.9. The fourth-order valence-electron chi connectivity index (χ4n) is 4.56. The Kier molecular flexibility index (Phi) is 7.30. The van der Waals surface area contributed by atoms with Gasteiger partial charge in [-0.25, -0.2) is 14.0 Å². The molecule has 2 heterocycles. The lowest BCUT2D eigenvalue weighted by molar-refractivity contribution is 0.0182. The molecular weight excluding hydrogens is 525 g/mol. The van der Waals surface area contributed by atoms with Gasteiger partial charge in [-0.15, -0.1) is 0 Å². The maximum absolute atomic E-state index is 14.8. The van der Waals surface area contributed by atoms with Crippen LogP contribution in [-0.4, -0.2) is 53.6 Å². The molecule has 0 aliphatic carbocycles. The van der Waals surface area contributed by atoms with Gasteiger partial charge in [0.2, 0.25) is 0 Å². The second-order valence-corrected chi connectivity index (χ2v) is 11.2. The van der Waals surface area contributed by atoms with Crippen LogP contribution in [0, 0.1) is 5.82 Å². The van der Waals surface area contributed by atoms with Crippen molar-refractivity contribution in [1.82, 2.24) is 9.80 Å². The van der Waals surface area contributed by atoms with Crippen molar-refractivity contribution in [3.63, 3.8) is 0 Å². The number of anilines is 2. The third kappa shape index (κ3) is 5.20. The minimum Gasteiger partial charge on any atom is -0.444 e. The van der Waals surface area contributed by atoms with E-state index in [1.807, 2.05) is 49.9 Å². The molecule has 0 radical (unpaired) electrons. The first-order valence-electron chi connectivity index (χ1n) is 12.1. The fourth-order valence-corrected chi connectivity index (χ4v) is 4.89. The van der Waals surface area contributed by atoms with E-state index in [1.54, 1.807) is 17.0 Å². The molecule has 0 N–H and O–H groups in total. The first-order valence-corrected chi connectivity index (χ1v) is 12.9. The number of halogens is 2. The standard InChI is InChI=1S/C28H31BrFN3O3/c1-18(2)20-8-6-7-9-24(20)33-19(17-34)14-25(21-15-23(30)22(29)16-26(21)33)31-10-12-32(13-11-31)27(35)36-28(3,4)5/h6-9,14-16,18H,10-13H2,1-5H3. The molecule has 0 atom stereocenters. The number of piperazine rings is 1. The Morgan fingerprint density at radius 2 is 1.75 bits per heavy atom. The predicted octanol–water partition coefficient (Wildman–Crippen LogP) is 6.47. The number of nitrogens with zero attached hydrogens (tertiary/aromatic N) is 3. The van der Waals surface area contributed by atoms with E-state index in [0.717, 1.165) is 16.9 Å². The Morgan fingerprint density at radius 3 is 2.36 bits per heavy atom. The van der Waals surface area contributed by atoms with Crippen LogP contribution in [0.3, 0.4) is 0 Å². The third-order valence-electron chi connectivity index (χ3n) is 6.25. The normalized spacial score (nSPS) is 16.1. The molecule has 0 bridgehead atoms. The molecule has 190 valence electrons. The van der Waals surface area contributed by atoms with E-state index in [0.29, 0.717) is 47.6 Å². The lowest BCUT2D eigenvalue weighted by Gasteiger charge is -2.41. The molecule has 2 aliphatic heterocycles. The Balaban J connectivity index is 1.72. The van der Waals surface area contributed by atoms with E-state index in [2.05, 4.69) is 40.6 Å². The summed E-state index contributed by atoms with van der Waals surface area (Å²) in [4.78, 5) is 30.4. The fraction of sp³-hybridized carbons (Fsp3) is 0.393. The number of fused-ring (bicyclic) bond motifs is 1. The van der Waals surface area contributed by atoms with Crippen LogP contribution in [0.5, 0.6) is 0 Å². The summed E-state index contributed by atoms with van der Waals surface area (Å²) in [6.45, 7) is 11.7. The van der Waals surface area contributed by atoms with Crippen molar-refractivity contribution < 1.29 is 18.7 Å². The van der Waals surface area contributed by atoms with Gasteiger partial charge < -0.3 is 14.5 Å².